The number of phenols is 3. The minimum atomic E-state index is -2.02. The lowest BCUT2D eigenvalue weighted by atomic mass is 9.77. The molecule has 0 aromatic heterocycles. The molecule has 1 unspecified atom stereocenters. The Labute approximate surface area is 413 Å². The van der Waals surface area contributed by atoms with Crippen molar-refractivity contribution in [3.63, 3.8) is 0 Å². The highest BCUT2D eigenvalue weighted by Gasteiger charge is 2.50. The summed E-state index contributed by atoms with van der Waals surface area (Å²) >= 11 is 0. The fourth-order valence-corrected chi connectivity index (χ4v) is 10.4. The van der Waals surface area contributed by atoms with Gasteiger partial charge in [-0.3, -0.25) is 19.4 Å². The number of nitrogens with zero attached hydrogens (tertiary/aromatic N) is 3. The van der Waals surface area contributed by atoms with Crippen LogP contribution >= 0.6 is 0 Å². The molecule has 3 aromatic carbocycles. The Morgan fingerprint density at radius 2 is 1.49 bits per heavy atom. The van der Waals surface area contributed by atoms with Gasteiger partial charge in [-0.25, -0.2) is 0 Å². The van der Waals surface area contributed by atoms with Gasteiger partial charge in [-0.05, 0) is 71.6 Å². The lowest BCUT2D eigenvalue weighted by Crippen LogP contribution is -2.49. The summed E-state index contributed by atoms with van der Waals surface area (Å²) in [5.41, 5.74) is 0.808. The van der Waals surface area contributed by atoms with E-state index in [-0.39, 0.29) is 75.0 Å². The number of nitrogens with one attached hydrogen (secondary N) is 1. The van der Waals surface area contributed by atoms with Crippen LogP contribution < -0.4 is 15.0 Å². The van der Waals surface area contributed by atoms with E-state index in [1.54, 1.807) is 13.0 Å². The first-order chi connectivity index (χ1) is 33.1. The molecule has 0 spiro atoms. The van der Waals surface area contributed by atoms with E-state index in [2.05, 4.69) is 36.2 Å². The van der Waals surface area contributed by atoms with Gasteiger partial charge >= 0.3 is 11.8 Å². The molecular weight excluding hydrogens is 897 g/mol. The summed E-state index contributed by atoms with van der Waals surface area (Å²) in [4.78, 5) is 44.1. The fourth-order valence-electron chi connectivity index (χ4n) is 10.4. The molecule has 4 aliphatic rings. The number of hydrogen-bond acceptors (Lipinski definition) is 15. The van der Waals surface area contributed by atoms with Crippen molar-refractivity contribution in [3.05, 3.63) is 59.4 Å². The molecule has 0 radical (unpaired) electrons. The van der Waals surface area contributed by atoms with Crippen molar-refractivity contribution in [3.8, 4) is 23.0 Å². The van der Waals surface area contributed by atoms with Crippen LogP contribution in [-0.2, 0) is 33.3 Å². The zero-order valence-electron chi connectivity index (χ0n) is 43.3. The average Bonchev–Trinajstić information content (AvgIpc) is 3.58. The van der Waals surface area contributed by atoms with Gasteiger partial charge in [0.2, 0.25) is 5.91 Å². The number of phenolic OH excluding ortho intramolecular Hbond substituents is 3. The van der Waals surface area contributed by atoms with Crippen LogP contribution in [0.15, 0.2) is 47.8 Å². The molecule has 4 aliphatic heterocycles. The number of Topliss-reactive ketones (excluding diaryl/α,β-unsaturated/α-hetero) is 1. The summed E-state index contributed by atoms with van der Waals surface area (Å²) in [5.74, 6) is -6.81. The number of ketones is 1. The molecule has 7 rings (SSSR count). The van der Waals surface area contributed by atoms with E-state index in [1.807, 2.05) is 64.8 Å². The van der Waals surface area contributed by atoms with E-state index in [9.17, 15) is 29.7 Å². The normalized spacial score (nSPS) is 28.9. The summed E-state index contributed by atoms with van der Waals surface area (Å²) in [6, 6.07) is 10.0. The van der Waals surface area contributed by atoms with Gasteiger partial charge < -0.3 is 54.0 Å². The zero-order valence-corrected chi connectivity index (χ0v) is 43.3. The number of benzene rings is 3. The molecule has 5 bridgehead atoms. The summed E-state index contributed by atoms with van der Waals surface area (Å²) in [6.07, 6.45) is 3.67. The van der Waals surface area contributed by atoms with Gasteiger partial charge in [-0.1, -0.05) is 59.2 Å². The Hall–Kier alpha value is -5.58. The number of esters is 1. The van der Waals surface area contributed by atoms with Gasteiger partial charge in [0.25, 0.3) is 5.78 Å². The first-order valence-electron chi connectivity index (χ1n) is 24.9. The lowest BCUT2D eigenvalue weighted by molar-refractivity contribution is -0.172. The Morgan fingerprint density at radius 3 is 2.10 bits per heavy atom. The predicted octanol–water partition coefficient (Wildman–Crippen LogP) is 9.08. The molecule has 0 saturated carbocycles. The number of piperazine rings is 1. The molecule has 10 atom stereocenters. The molecule has 1 fully saturated rings. The standard InChI is InChI=1S/C54H76N4O12/c1-29(2)67-48-31(5)18-17-19-32(6)53(64)56-44-39(28-55-58-25-23-57(24-26-58)38-20-15-14-16-21-38)46(61)41-42(47(44)62)45(60)34(8)51-43(41)52(63)54(12,70-51)66-27-22-40(65-13)33(7)49(69-37(11)59)36(10)50(35(48)9)68-30(3)4/h14-16,20-22,27-33,35-36,40,48-50,60-62H,17-19,23-26H2,1-13H3,(H,56,64)/b27-22+,55-28+/t31-,32?,33-,35-,36-,40+,48-,49-,50+,54+/m1/s1. The van der Waals surface area contributed by atoms with Crippen molar-refractivity contribution in [1.29, 1.82) is 0 Å². The van der Waals surface area contributed by atoms with Crippen molar-refractivity contribution in [2.45, 2.75) is 145 Å². The summed E-state index contributed by atoms with van der Waals surface area (Å²) in [6.45, 7) is 24.6. The van der Waals surface area contributed by atoms with Crippen LogP contribution in [0.2, 0.25) is 0 Å². The monoisotopic (exact) mass is 973 g/mol. The molecule has 16 heteroatoms. The highest BCUT2D eigenvalue weighted by molar-refractivity contribution is 6.23. The van der Waals surface area contributed by atoms with Crippen LogP contribution in [0.3, 0.4) is 0 Å². The van der Waals surface area contributed by atoms with E-state index in [0.717, 1.165) is 5.69 Å². The maximum Gasteiger partial charge on any atom is 0.312 e. The zero-order chi connectivity index (χ0) is 51.4. The molecule has 3 aromatic rings. The highest BCUT2D eigenvalue weighted by Crippen LogP contribution is 2.55. The number of hydrogen-bond donors (Lipinski definition) is 4. The Balaban J connectivity index is 1.46. The van der Waals surface area contributed by atoms with E-state index in [4.69, 9.17) is 33.5 Å². The number of fused-ring (bicyclic) bond motifs is 16. The molecule has 4 heterocycles. The van der Waals surface area contributed by atoms with E-state index in [0.29, 0.717) is 45.4 Å². The average molecular weight is 973 g/mol. The molecule has 384 valence electrons. The molecule has 70 heavy (non-hydrogen) atoms. The van der Waals surface area contributed by atoms with Gasteiger partial charge in [0.15, 0.2) is 5.75 Å². The summed E-state index contributed by atoms with van der Waals surface area (Å²) in [5, 5.41) is 45.4. The number of para-hydroxylation sites is 1. The number of anilines is 2. The number of carbonyl (C=O) groups is 3. The van der Waals surface area contributed by atoms with E-state index in [1.165, 1.54) is 40.4 Å². The van der Waals surface area contributed by atoms with Crippen molar-refractivity contribution >= 4 is 46.0 Å². The van der Waals surface area contributed by atoms with Crippen LogP contribution in [0.25, 0.3) is 10.8 Å². The molecular formula is C54H76N4O12. The van der Waals surface area contributed by atoms with E-state index >= 15 is 0 Å². The molecule has 1 saturated heterocycles. The van der Waals surface area contributed by atoms with Gasteiger partial charge in [0.05, 0.1) is 78.3 Å². The van der Waals surface area contributed by atoms with Crippen molar-refractivity contribution < 1.29 is 58.1 Å². The van der Waals surface area contributed by atoms with Crippen molar-refractivity contribution in [2.24, 2.45) is 34.7 Å². The quantitative estimate of drug-likeness (QED) is 0.0685. The number of hydrazone groups is 1. The number of rotatable bonds is 9. The van der Waals surface area contributed by atoms with Crippen LogP contribution in [0.1, 0.15) is 117 Å². The maximum absolute atomic E-state index is 14.7. The maximum atomic E-state index is 14.7. The highest BCUT2D eigenvalue weighted by atomic mass is 16.7. The third-order valence-electron chi connectivity index (χ3n) is 14.2. The number of ether oxygens (including phenoxy) is 6. The minimum Gasteiger partial charge on any atom is -0.507 e. The Kier molecular flexibility index (Phi) is 17.4. The second kappa shape index (κ2) is 22.7. The van der Waals surface area contributed by atoms with Gasteiger partial charge in [-0.15, -0.1) is 0 Å². The molecule has 1 amide bonds. The minimum absolute atomic E-state index is 0.0120. The third-order valence-corrected chi connectivity index (χ3v) is 14.2. The summed E-state index contributed by atoms with van der Waals surface area (Å²) < 4.78 is 38.0. The number of carbonyl (C=O) groups excluding carboxylic acids is 3. The third kappa shape index (κ3) is 11.4. The molecule has 4 N–H and O–H groups in total. The fraction of sp³-hybridized carbons (Fsp3) is 0.593. The van der Waals surface area contributed by atoms with Crippen LogP contribution in [-0.4, -0.2) is 120 Å². The lowest BCUT2D eigenvalue weighted by Gasteiger charge is -2.42. The predicted molar refractivity (Wildman–Crippen MR) is 270 cm³/mol. The van der Waals surface area contributed by atoms with Crippen molar-refractivity contribution in [2.75, 3.05) is 43.5 Å². The smallest absolute Gasteiger partial charge is 0.312 e. The van der Waals surface area contributed by atoms with Crippen LogP contribution in [0.5, 0.6) is 23.0 Å². The van der Waals surface area contributed by atoms with Gasteiger partial charge in [0, 0.05) is 74.4 Å². The number of methoxy groups -OCH3 is 1. The molecule has 16 nitrogen and oxygen atoms in total. The topological polar surface area (TPSA) is 198 Å². The Bertz CT molecular complexity index is 2400. The Morgan fingerprint density at radius 1 is 0.857 bits per heavy atom. The summed E-state index contributed by atoms with van der Waals surface area (Å²) in [7, 11) is 1.53. The first kappa shape index (κ1) is 53.8. The van der Waals surface area contributed by atoms with Gasteiger partial charge in [0.1, 0.15) is 23.4 Å². The van der Waals surface area contributed by atoms with Crippen molar-refractivity contribution in [1.82, 2.24) is 5.01 Å². The number of aromatic hydroxyl groups is 3. The number of amides is 1. The second-order valence-corrected chi connectivity index (χ2v) is 20.2. The molecule has 0 aliphatic carbocycles. The largest absolute Gasteiger partial charge is 0.507 e. The van der Waals surface area contributed by atoms with Crippen LogP contribution in [0, 0.1) is 36.5 Å². The van der Waals surface area contributed by atoms with Gasteiger partial charge in [-0.2, -0.15) is 5.10 Å². The second-order valence-electron chi connectivity index (χ2n) is 20.2. The van der Waals surface area contributed by atoms with E-state index < -0.39 is 70.8 Å². The van der Waals surface area contributed by atoms with Crippen LogP contribution in [0.4, 0.5) is 11.4 Å². The SMILES string of the molecule is CO[C@H]1/C=C/O[C@@]2(C)Oc3c(C)c(O)c4c(O)c(c(/C=N/N5CCN(c6ccccc6)CC5)c(O)c4c3C2=O)NC(=O)C(C)CCC[C@@H](C)[C@@H](OC(C)C)[C@@H](C)[C@H](OC(C)C)[C@H](C)[C@H](OC(C)=O)[C@@H]1C. The first-order valence-corrected chi connectivity index (χ1v) is 24.9.